The summed E-state index contributed by atoms with van der Waals surface area (Å²) >= 11 is 0. The fourth-order valence-electron chi connectivity index (χ4n) is 4.34. The molecule has 3 aromatic rings. The summed E-state index contributed by atoms with van der Waals surface area (Å²) in [5.74, 6) is 1.62. The van der Waals surface area contributed by atoms with Crippen molar-refractivity contribution in [1.82, 2.24) is 4.90 Å². The van der Waals surface area contributed by atoms with Crippen LogP contribution in [0, 0.1) is 13.8 Å². The quantitative estimate of drug-likeness (QED) is 0.585. The van der Waals surface area contributed by atoms with Crippen LogP contribution in [0.4, 0.5) is 0 Å². The summed E-state index contributed by atoms with van der Waals surface area (Å²) in [4.78, 5) is 14.7. The Bertz CT molecular complexity index is 1100. The molecule has 0 aliphatic carbocycles. The molecule has 0 bridgehead atoms. The third-order valence-corrected chi connectivity index (χ3v) is 6.05. The Hall–Kier alpha value is -2.79. The molecule has 5 nitrogen and oxygen atoms in total. The van der Waals surface area contributed by atoms with Gasteiger partial charge in [-0.2, -0.15) is 0 Å². The van der Waals surface area contributed by atoms with E-state index in [2.05, 4.69) is 23.1 Å². The number of hydrogen-bond acceptors (Lipinski definition) is 5. The van der Waals surface area contributed by atoms with Crippen LogP contribution in [-0.2, 0) is 6.54 Å². The minimum absolute atomic E-state index is 0.240. The molecule has 0 N–H and O–H groups in total. The van der Waals surface area contributed by atoms with Crippen LogP contribution in [0.2, 0.25) is 0 Å². The van der Waals surface area contributed by atoms with E-state index in [1.807, 2.05) is 26.0 Å². The van der Waals surface area contributed by atoms with E-state index < -0.39 is 0 Å². The molecule has 2 aromatic carbocycles. The Morgan fingerprint density at radius 2 is 1.93 bits per heavy atom. The van der Waals surface area contributed by atoms with E-state index in [0.29, 0.717) is 12.1 Å². The zero-order valence-corrected chi connectivity index (χ0v) is 17.5. The highest BCUT2D eigenvalue weighted by molar-refractivity contribution is 5.83. The molecule has 0 radical (unpaired) electrons. The van der Waals surface area contributed by atoms with Crippen molar-refractivity contribution < 1.29 is 13.9 Å². The van der Waals surface area contributed by atoms with Gasteiger partial charge in [0.1, 0.15) is 17.1 Å². The van der Waals surface area contributed by atoms with E-state index in [9.17, 15) is 4.79 Å². The molecule has 1 unspecified atom stereocenters. The minimum atomic E-state index is -0.293. The number of rotatable bonds is 5. The summed E-state index contributed by atoms with van der Waals surface area (Å²) in [5, 5.41) is 1.01. The first-order chi connectivity index (χ1) is 14.0. The molecular formula is C24H27NO4. The van der Waals surface area contributed by atoms with Crippen molar-refractivity contribution in [1.29, 1.82) is 0 Å². The fraction of sp³-hybridized carbons (Fsp3) is 0.375. The summed E-state index contributed by atoms with van der Waals surface area (Å²) in [5.41, 5.74) is 4.73. The summed E-state index contributed by atoms with van der Waals surface area (Å²) in [6.45, 7) is 5.72. The normalized spacial score (nSPS) is 17.0. The van der Waals surface area contributed by atoms with Gasteiger partial charge in [-0.05, 0) is 56.0 Å². The molecule has 5 heteroatoms. The van der Waals surface area contributed by atoms with E-state index in [0.717, 1.165) is 58.5 Å². The summed E-state index contributed by atoms with van der Waals surface area (Å²) in [7, 11) is 3.35. The topological polar surface area (TPSA) is 51.9 Å². The van der Waals surface area contributed by atoms with Gasteiger partial charge in [-0.3, -0.25) is 4.90 Å². The van der Waals surface area contributed by atoms with Crippen molar-refractivity contribution in [3.05, 3.63) is 69.1 Å². The SMILES string of the molecule is COc1ccc(C2CCCN2Cc2cc(=O)oc3c(C)c(C)ccc23)c(OC)c1. The van der Waals surface area contributed by atoms with Crippen LogP contribution in [0.1, 0.15) is 41.1 Å². The number of aryl methyl sites for hydroxylation is 2. The molecule has 2 heterocycles. The molecular weight excluding hydrogens is 366 g/mol. The zero-order valence-electron chi connectivity index (χ0n) is 17.5. The second-order valence-electron chi connectivity index (χ2n) is 7.71. The third kappa shape index (κ3) is 3.62. The van der Waals surface area contributed by atoms with Gasteiger partial charge >= 0.3 is 5.63 Å². The highest BCUT2D eigenvalue weighted by Gasteiger charge is 2.29. The summed E-state index contributed by atoms with van der Waals surface area (Å²) in [6, 6.07) is 12.0. The first kappa shape index (κ1) is 19.5. The van der Waals surface area contributed by atoms with Gasteiger partial charge in [-0.15, -0.1) is 0 Å². The zero-order chi connectivity index (χ0) is 20.5. The van der Waals surface area contributed by atoms with Crippen LogP contribution in [0.25, 0.3) is 11.0 Å². The molecule has 1 atom stereocenters. The van der Waals surface area contributed by atoms with Gasteiger partial charge in [-0.25, -0.2) is 4.79 Å². The maximum absolute atomic E-state index is 12.2. The van der Waals surface area contributed by atoms with Gasteiger partial charge in [0.05, 0.1) is 14.2 Å². The van der Waals surface area contributed by atoms with Crippen molar-refractivity contribution in [2.45, 2.75) is 39.3 Å². The van der Waals surface area contributed by atoms with E-state index >= 15 is 0 Å². The lowest BCUT2D eigenvalue weighted by Gasteiger charge is -2.27. The Morgan fingerprint density at radius 1 is 1.10 bits per heavy atom. The average molecular weight is 393 g/mol. The van der Waals surface area contributed by atoms with E-state index in [1.54, 1.807) is 20.3 Å². The lowest BCUT2D eigenvalue weighted by molar-refractivity contribution is 0.243. The maximum atomic E-state index is 12.2. The number of hydrogen-bond donors (Lipinski definition) is 0. The first-order valence-corrected chi connectivity index (χ1v) is 10.0. The fourth-order valence-corrected chi connectivity index (χ4v) is 4.34. The van der Waals surface area contributed by atoms with Crippen molar-refractivity contribution in [3.8, 4) is 11.5 Å². The minimum Gasteiger partial charge on any atom is -0.497 e. The highest BCUT2D eigenvalue weighted by atomic mass is 16.5. The van der Waals surface area contributed by atoms with Gasteiger partial charge in [0.25, 0.3) is 0 Å². The summed E-state index contributed by atoms with van der Waals surface area (Å²) < 4.78 is 16.5. The molecule has 0 spiro atoms. The van der Waals surface area contributed by atoms with Gasteiger partial charge in [-0.1, -0.05) is 18.2 Å². The molecule has 0 saturated carbocycles. The van der Waals surface area contributed by atoms with Crippen LogP contribution in [0.5, 0.6) is 11.5 Å². The number of methoxy groups -OCH3 is 2. The molecule has 152 valence electrons. The van der Waals surface area contributed by atoms with Gasteiger partial charge < -0.3 is 13.9 Å². The van der Waals surface area contributed by atoms with Crippen molar-refractivity contribution in [2.24, 2.45) is 0 Å². The number of likely N-dealkylation sites (tertiary alicyclic amines) is 1. The number of nitrogens with zero attached hydrogens (tertiary/aromatic N) is 1. The monoisotopic (exact) mass is 393 g/mol. The Kier molecular flexibility index (Phi) is 5.33. The molecule has 1 fully saturated rings. The molecule has 4 rings (SSSR count). The highest BCUT2D eigenvalue weighted by Crippen LogP contribution is 2.39. The predicted octanol–water partition coefficient (Wildman–Crippen LogP) is 4.76. The molecule has 29 heavy (non-hydrogen) atoms. The standard InChI is InChI=1S/C24H27NO4/c1-15-7-9-19-17(12-23(26)29-24(19)16(15)2)14-25-11-5-6-21(25)20-10-8-18(27-3)13-22(20)28-4/h7-10,12-13,21H,5-6,11,14H2,1-4H3. The molecule has 1 saturated heterocycles. The van der Waals surface area contributed by atoms with Crippen molar-refractivity contribution >= 4 is 11.0 Å². The van der Waals surface area contributed by atoms with Crippen LogP contribution in [0.3, 0.4) is 0 Å². The van der Waals surface area contributed by atoms with Crippen LogP contribution >= 0.6 is 0 Å². The first-order valence-electron chi connectivity index (χ1n) is 10.0. The second-order valence-corrected chi connectivity index (χ2v) is 7.71. The molecule has 1 aromatic heterocycles. The van der Waals surface area contributed by atoms with Crippen molar-refractivity contribution in [3.63, 3.8) is 0 Å². The third-order valence-electron chi connectivity index (χ3n) is 6.05. The average Bonchev–Trinajstić information content (AvgIpc) is 3.18. The summed E-state index contributed by atoms with van der Waals surface area (Å²) in [6.07, 6.45) is 2.16. The van der Waals surface area contributed by atoms with E-state index in [4.69, 9.17) is 13.9 Å². The van der Waals surface area contributed by atoms with Gasteiger partial charge in [0.15, 0.2) is 0 Å². The van der Waals surface area contributed by atoms with Gasteiger partial charge in [0.2, 0.25) is 0 Å². The number of benzene rings is 2. The van der Waals surface area contributed by atoms with Gasteiger partial charge in [0, 0.05) is 35.7 Å². The lowest BCUT2D eigenvalue weighted by Crippen LogP contribution is -2.24. The molecule has 0 amide bonds. The van der Waals surface area contributed by atoms with Crippen LogP contribution in [-0.4, -0.2) is 25.7 Å². The Balaban J connectivity index is 1.72. The van der Waals surface area contributed by atoms with E-state index in [1.165, 1.54) is 0 Å². The largest absolute Gasteiger partial charge is 0.497 e. The number of fused-ring (bicyclic) bond motifs is 1. The molecule has 1 aliphatic rings. The maximum Gasteiger partial charge on any atom is 0.336 e. The molecule has 1 aliphatic heterocycles. The Labute approximate surface area is 170 Å². The van der Waals surface area contributed by atoms with Crippen LogP contribution in [0.15, 0.2) is 45.6 Å². The van der Waals surface area contributed by atoms with E-state index in [-0.39, 0.29) is 11.7 Å². The lowest BCUT2D eigenvalue weighted by atomic mass is 10.0. The second kappa shape index (κ2) is 7.91. The van der Waals surface area contributed by atoms with Crippen molar-refractivity contribution in [2.75, 3.05) is 20.8 Å². The Morgan fingerprint density at radius 3 is 2.69 bits per heavy atom. The van der Waals surface area contributed by atoms with Crippen LogP contribution < -0.4 is 15.1 Å². The smallest absolute Gasteiger partial charge is 0.336 e. The predicted molar refractivity (Wildman–Crippen MR) is 114 cm³/mol. The number of ether oxygens (including phenoxy) is 2.